The molecule has 0 aliphatic rings. The standard InChI is InChI=1S/C27H26N6O3S2/c1-2-23(26(34)29-19-12-14-20(15-13-19)38(28,35)36)37-27-30-25-24(31-32-27)21-10-6-7-11-22(21)33(25)17-16-18-8-4-3-5-9-18/h3-15,23H,2,16-17H2,1H3,(H,29,34)(H2,28,35,36)/t23-/m1/s1. The Hall–Kier alpha value is -3.80. The van der Waals surface area contributed by atoms with Gasteiger partial charge in [-0.2, -0.15) is 0 Å². The molecule has 194 valence electrons. The summed E-state index contributed by atoms with van der Waals surface area (Å²) in [7, 11) is -3.80. The summed E-state index contributed by atoms with van der Waals surface area (Å²) < 4.78 is 25.1. The fraction of sp³-hybridized carbons (Fsp3) is 0.185. The smallest absolute Gasteiger partial charge is 0.238 e. The van der Waals surface area contributed by atoms with E-state index in [1.54, 1.807) is 0 Å². The largest absolute Gasteiger partial charge is 0.325 e. The average Bonchev–Trinajstić information content (AvgIpc) is 3.23. The van der Waals surface area contributed by atoms with Crippen LogP contribution in [0.5, 0.6) is 0 Å². The third-order valence-electron chi connectivity index (χ3n) is 6.18. The van der Waals surface area contributed by atoms with Crippen LogP contribution in [0.25, 0.3) is 22.1 Å². The number of para-hydroxylation sites is 1. The number of sulfonamides is 1. The first-order valence-corrected chi connectivity index (χ1v) is 14.5. The number of carbonyl (C=O) groups excluding carboxylic acids is 1. The number of aromatic nitrogens is 4. The molecule has 0 bridgehead atoms. The van der Waals surface area contributed by atoms with Crippen LogP contribution < -0.4 is 10.5 Å². The highest BCUT2D eigenvalue weighted by atomic mass is 32.2. The molecule has 3 aromatic carbocycles. The van der Waals surface area contributed by atoms with Crippen LogP contribution in [-0.4, -0.2) is 39.3 Å². The van der Waals surface area contributed by atoms with Gasteiger partial charge in [0, 0.05) is 17.6 Å². The quantitative estimate of drug-likeness (QED) is 0.262. The van der Waals surface area contributed by atoms with Gasteiger partial charge in [-0.25, -0.2) is 18.5 Å². The molecule has 1 amide bonds. The topological polar surface area (TPSA) is 133 Å². The number of fused-ring (bicyclic) bond motifs is 3. The average molecular weight is 547 g/mol. The Morgan fingerprint density at radius 3 is 2.42 bits per heavy atom. The Morgan fingerprint density at radius 2 is 1.71 bits per heavy atom. The monoisotopic (exact) mass is 546 g/mol. The molecule has 0 aliphatic carbocycles. The molecule has 2 aromatic heterocycles. The maximum Gasteiger partial charge on any atom is 0.238 e. The van der Waals surface area contributed by atoms with Crippen LogP contribution in [0, 0.1) is 0 Å². The van der Waals surface area contributed by atoms with E-state index >= 15 is 0 Å². The number of hydrogen-bond donors (Lipinski definition) is 2. The van der Waals surface area contributed by atoms with Gasteiger partial charge in [0.15, 0.2) is 5.65 Å². The molecule has 11 heteroatoms. The summed E-state index contributed by atoms with van der Waals surface area (Å²) in [4.78, 5) is 17.8. The number of carbonyl (C=O) groups is 1. The molecule has 0 saturated carbocycles. The molecule has 3 N–H and O–H groups in total. The fourth-order valence-corrected chi connectivity index (χ4v) is 5.58. The molecule has 0 radical (unpaired) electrons. The number of anilines is 1. The SMILES string of the molecule is CC[C@@H](Sc1nnc2c3ccccc3n(CCc3ccccc3)c2n1)C(=O)Nc1ccc(S(N)(=O)=O)cc1. The lowest BCUT2D eigenvalue weighted by atomic mass is 10.1. The molecular formula is C27H26N6O3S2. The first kappa shape index (κ1) is 25.8. The molecule has 0 spiro atoms. The number of hydrogen-bond acceptors (Lipinski definition) is 7. The first-order chi connectivity index (χ1) is 18.3. The summed E-state index contributed by atoms with van der Waals surface area (Å²) in [6.45, 7) is 2.63. The highest BCUT2D eigenvalue weighted by Crippen LogP contribution is 2.29. The zero-order valence-corrected chi connectivity index (χ0v) is 22.2. The third-order valence-corrected chi connectivity index (χ3v) is 8.33. The minimum atomic E-state index is -3.80. The molecule has 2 heterocycles. The van der Waals surface area contributed by atoms with Gasteiger partial charge in [0.25, 0.3) is 0 Å². The van der Waals surface area contributed by atoms with Crippen molar-refractivity contribution in [3.63, 3.8) is 0 Å². The van der Waals surface area contributed by atoms with E-state index < -0.39 is 15.3 Å². The predicted octanol–water partition coefficient (Wildman–Crippen LogP) is 4.38. The predicted molar refractivity (Wildman–Crippen MR) is 149 cm³/mol. The Balaban J connectivity index is 1.39. The first-order valence-electron chi connectivity index (χ1n) is 12.1. The number of rotatable bonds is 9. The second-order valence-electron chi connectivity index (χ2n) is 8.74. The van der Waals surface area contributed by atoms with E-state index in [0.29, 0.717) is 17.3 Å². The van der Waals surface area contributed by atoms with E-state index in [-0.39, 0.29) is 10.8 Å². The minimum absolute atomic E-state index is 0.0210. The lowest BCUT2D eigenvalue weighted by Gasteiger charge is -2.14. The van der Waals surface area contributed by atoms with Gasteiger partial charge in [0.2, 0.25) is 21.1 Å². The van der Waals surface area contributed by atoms with Gasteiger partial charge < -0.3 is 9.88 Å². The molecule has 0 aliphatic heterocycles. The molecule has 5 rings (SSSR count). The highest BCUT2D eigenvalue weighted by molar-refractivity contribution is 8.00. The van der Waals surface area contributed by atoms with Crippen molar-refractivity contribution in [1.29, 1.82) is 0 Å². The number of thioether (sulfide) groups is 1. The van der Waals surface area contributed by atoms with E-state index in [1.165, 1.54) is 41.6 Å². The van der Waals surface area contributed by atoms with Crippen molar-refractivity contribution in [3.05, 3.63) is 84.4 Å². The summed E-state index contributed by atoms with van der Waals surface area (Å²) in [5, 5.41) is 17.7. The normalized spacial score (nSPS) is 12.6. The summed E-state index contributed by atoms with van der Waals surface area (Å²) in [6, 6.07) is 24.0. The van der Waals surface area contributed by atoms with Crippen LogP contribution in [0.2, 0.25) is 0 Å². The summed E-state index contributed by atoms with van der Waals surface area (Å²) in [5.74, 6) is -0.242. The van der Waals surface area contributed by atoms with Crippen LogP contribution in [0.15, 0.2) is 88.9 Å². The van der Waals surface area contributed by atoms with E-state index in [9.17, 15) is 13.2 Å². The molecule has 38 heavy (non-hydrogen) atoms. The van der Waals surface area contributed by atoms with Crippen molar-refractivity contribution in [3.8, 4) is 0 Å². The lowest BCUT2D eigenvalue weighted by molar-refractivity contribution is -0.115. The Bertz CT molecular complexity index is 1700. The van der Waals surface area contributed by atoms with Crippen LogP contribution >= 0.6 is 11.8 Å². The summed E-state index contributed by atoms with van der Waals surface area (Å²) in [5.41, 5.74) is 4.20. The van der Waals surface area contributed by atoms with Crippen molar-refractivity contribution in [2.75, 3.05) is 5.32 Å². The lowest BCUT2D eigenvalue weighted by Crippen LogP contribution is -2.25. The summed E-state index contributed by atoms with van der Waals surface area (Å²) >= 11 is 1.25. The van der Waals surface area contributed by atoms with E-state index in [1.807, 2.05) is 43.3 Å². The second-order valence-corrected chi connectivity index (χ2v) is 11.5. The van der Waals surface area contributed by atoms with Gasteiger partial charge in [-0.05, 0) is 48.7 Å². The summed E-state index contributed by atoms with van der Waals surface area (Å²) in [6.07, 6.45) is 1.37. The van der Waals surface area contributed by atoms with Crippen molar-refractivity contribution < 1.29 is 13.2 Å². The molecular weight excluding hydrogens is 520 g/mol. The van der Waals surface area contributed by atoms with Crippen molar-refractivity contribution in [1.82, 2.24) is 19.7 Å². The Labute approximate surface area is 224 Å². The number of primary sulfonamides is 1. The van der Waals surface area contributed by atoms with Gasteiger partial charge in [0.1, 0.15) is 5.52 Å². The van der Waals surface area contributed by atoms with E-state index in [4.69, 9.17) is 10.1 Å². The maximum atomic E-state index is 13.0. The van der Waals surface area contributed by atoms with Gasteiger partial charge in [-0.3, -0.25) is 4.79 Å². The van der Waals surface area contributed by atoms with E-state index in [0.717, 1.165) is 35.0 Å². The van der Waals surface area contributed by atoms with Gasteiger partial charge >= 0.3 is 0 Å². The van der Waals surface area contributed by atoms with Crippen LogP contribution in [0.1, 0.15) is 18.9 Å². The second kappa shape index (κ2) is 10.9. The van der Waals surface area contributed by atoms with Crippen molar-refractivity contribution in [2.45, 2.75) is 41.6 Å². The minimum Gasteiger partial charge on any atom is -0.325 e. The van der Waals surface area contributed by atoms with Gasteiger partial charge in [0.05, 0.1) is 15.7 Å². The van der Waals surface area contributed by atoms with Crippen LogP contribution in [-0.2, 0) is 27.8 Å². The maximum absolute atomic E-state index is 13.0. The third kappa shape index (κ3) is 5.54. The highest BCUT2D eigenvalue weighted by Gasteiger charge is 2.22. The number of benzene rings is 3. The van der Waals surface area contributed by atoms with Crippen LogP contribution in [0.4, 0.5) is 5.69 Å². The van der Waals surface area contributed by atoms with E-state index in [2.05, 4.69) is 38.3 Å². The van der Waals surface area contributed by atoms with Gasteiger partial charge in [-0.1, -0.05) is 67.2 Å². The number of nitrogens with two attached hydrogens (primary N) is 1. The van der Waals surface area contributed by atoms with Gasteiger partial charge in [-0.15, -0.1) is 10.2 Å². The fourth-order valence-electron chi connectivity index (χ4n) is 4.25. The number of amides is 1. The number of aryl methyl sites for hydroxylation is 2. The number of nitrogens with zero attached hydrogens (tertiary/aromatic N) is 4. The molecule has 0 fully saturated rings. The molecule has 0 saturated heterocycles. The van der Waals surface area contributed by atoms with Crippen LogP contribution in [0.3, 0.4) is 0 Å². The van der Waals surface area contributed by atoms with Crippen molar-refractivity contribution >= 4 is 55.4 Å². The zero-order chi connectivity index (χ0) is 26.7. The Kier molecular flexibility index (Phi) is 7.41. The number of nitrogens with one attached hydrogen (secondary N) is 1. The zero-order valence-electron chi connectivity index (χ0n) is 20.6. The molecule has 0 unspecified atom stereocenters. The molecule has 9 nitrogen and oxygen atoms in total. The molecule has 1 atom stereocenters. The Morgan fingerprint density at radius 1 is 1.00 bits per heavy atom. The van der Waals surface area contributed by atoms with Crippen molar-refractivity contribution in [2.24, 2.45) is 5.14 Å². The molecule has 5 aromatic rings.